The molecule has 128 valence electrons. The lowest BCUT2D eigenvalue weighted by Crippen LogP contribution is -2.05. The molecule has 0 N–H and O–H groups in total. The number of carbonyl (C=O) groups excluding carboxylic acids is 1. The highest BCUT2D eigenvalue weighted by atomic mass is 16.5. The van der Waals surface area contributed by atoms with E-state index in [9.17, 15) is 4.79 Å². The Morgan fingerprint density at radius 3 is 2.44 bits per heavy atom. The summed E-state index contributed by atoms with van der Waals surface area (Å²) in [5.41, 5.74) is 4.62. The molecule has 0 fully saturated rings. The fourth-order valence-electron chi connectivity index (χ4n) is 2.68. The molecule has 0 amide bonds. The number of azo groups is 1. The zero-order chi connectivity index (χ0) is 18.0. The molecule has 0 unspecified atom stereocenters. The van der Waals surface area contributed by atoms with Crippen molar-refractivity contribution in [1.82, 2.24) is 9.38 Å². The quantitative estimate of drug-likeness (QED) is 0.505. The van der Waals surface area contributed by atoms with Gasteiger partial charge in [-0.15, -0.1) is 10.2 Å². The molecule has 3 rings (SSSR count). The Balaban J connectivity index is 2.17. The predicted octanol–water partition coefficient (Wildman–Crippen LogP) is 4.85. The molecule has 0 bridgehead atoms. The van der Waals surface area contributed by atoms with Crippen LogP contribution in [0.15, 0.2) is 46.8 Å². The van der Waals surface area contributed by atoms with Gasteiger partial charge in [0.05, 0.1) is 12.3 Å². The van der Waals surface area contributed by atoms with Crippen molar-refractivity contribution < 1.29 is 9.53 Å². The van der Waals surface area contributed by atoms with Crippen molar-refractivity contribution in [3.63, 3.8) is 0 Å². The lowest BCUT2D eigenvalue weighted by atomic mass is 10.1. The van der Waals surface area contributed by atoms with Crippen LogP contribution < -0.4 is 0 Å². The zero-order valence-electron chi connectivity index (χ0n) is 14.8. The van der Waals surface area contributed by atoms with E-state index in [2.05, 4.69) is 15.2 Å². The second-order valence-corrected chi connectivity index (χ2v) is 5.83. The summed E-state index contributed by atoms with van der Waals surface area (Å²) >= 11 is 0. The molecule has 0 saturated carbocycles. The van der Waals surface area contributed by atoms with Gasteiger partial charge in [0.1, 0.15) is 5.65 Å². The second-order valence-electron chi connectivity index (χ2n) is 5.83. The van der Waals surface area contributed by atoms with Crippen LogP contribution >= 0.6 is 0 Å². The number of pyridine rings is 1. The maximum atomic E-state index is 12.3. The third-order valence-electron chi connectivity index (χ3n) is 3.97. The minimum absolute atomic E-state index is 0.172. The number of nitrogens with zero attached hydrogens (tertiary/aromatic N) is 4. The van der Waals surface area contributed by atoms with Gasteiger partial charge in [0, 0.05) is 6.20 Å². The Hall–Kier alpha value is -3.02. The Bertz CT molecular complexity index is 953. The summed E-state index contributed by atoms with van der Waals surface area (Å²) in [6.07, 6.45) is 1.82. The van der Waals surface area contributed by atoms with Crippen molar-refractivity contribution in [2.24, 2.45) is 10.2 Å². The van der Waals surface area contributed by atoms with Crippen LogP contribution in [0.1, 0.15) is 34.1 Å². The van der Waals surface area contributed by atoms with Crippen LogP contribution in [0.5, 0.6) is 0 Å². The van der Waals surface area contributed by atoms with E-state index >= 15 is 0 Å². The van der Waals surface area contributed by atoms with Crippen LogP contribution in [-0.2, 0) is 4.74 Å². The molecule has 6 nitrogen and oxygen atoms in total. The summed E-state index contributed by atoms with van der Waals surface area (Å²) in [5, 5.41) is 8.74. The Morgan fingerprint density at radius 2 is 1.76 bits per heavy atom. The number of carbonyl (C=O) groups is 1. The van der Waals surface area contributed by atoms with Gasteiger partial charge in [0.25, 0.3) is 0 Å². The van der Waals surface area contributed by atoms with Crippen molar-refractivity contribution in [3.8, 4) is 0 Å². The first-order valence-electron chi connectivity index (χ1n) is 8.15. The van der Waals surface area contributed by atoms with E-state index < -0.39 is 5.97 Å². The van der Waals surface area contributed by atoms with E-state index in [1.165, 1.54) is 0 Å². The fraction of sp³-hybridized carbons (Fsp3) is 0.263. The lowest BCUT2D eigenvalue weighted by molar-refractivity contribution is 0.0521. The number of aromatic nitrogens is 2. The summed E-state index contributed by atoms with van der Waals surface area (Å²) in [6.45, 7) is 7.93. The Kier molecular flexibility index (Phi) is 4.61. The van der Waals surface area contributed by atoms with Crippen LogP contribution in [0.3, 0.4) is 0 Å². The SMILES string of the molecule is CCOC(=O)c1nc2c(C)cccn2c1N=Nc1c(C)cccc1C. The van der Waals surface area contributed by atoms with E-state index in [-0.39, 0.29) is 12.3 Å². The minimum Gasteiger partial charge on any atom is -0.461 e. The smallest absolute Gasteiger partial charge is 0.360 e. The van der Waals surface area contributed by atoms with E-state index in [0.29, 0.717) is 11.5 Å². The van der Waals surface area contributed by atoms with Crippen molar-refractivity contribution >= 4 is 23.1 Å². The fourth-order valence-corrected chi connectivity index (χ4v) is 2.68. The molecule has 3 aromatic rings. The van der Waals surface area contributed by atoms with Crippen LogP contribution in [0.25, 0.3) is 5.65 Å². The van der Waals surface area contributed by atoms with Crippen molar-refractivity contribution in [1.29, 1.82) is 0 Å². The molecule has 2 heterocycles. The average molecular weight is 336 g/mol. The molecule has 0 saturated heterocycles. The molecule has 0 radical (unpaired) electrons. The first kappa shape index (κ1) is 16.8. The minimum atomic E-state index is -0.499. The number of imidazole rings is 1. The summed E-state index contributed by atoms with van der Waals surface area (Å²) in [7, 11) is 0. The number of hydrogen-bond acceptors (Lipinski definition) is 5. The largest absolute Gasteiger partial charge is 0.461 e. The van der Waals surface area contributed by atoms with Crippen LogP contribution in [0, 0.1) is 20.8 Å². The molecule has 0 aliphatic heterocycles. The molecule has 6 heteroatoms. The zero-order valence-corrected chi connectivity index (χ0v) is 14.8. The molecular formula is C19H20N4O2. The Labute approximate surface area is 146 Å². The van der Waals surface area contributed by atoms with Crippen LogP contribution in [-0.4, -0.2) is 22.0 Å². The van der Waals surface area contributed by atoms with Crippen molar-refractivity contribution in [3.05, 3.63) is 58.9 Å². The molecular weight excluding hydrogens is 316 g/mol. The van der Waals surface area contributed by atoms with Gasteiger partial charge in [-0.25, -0.2) is 9.78 Å². The first-order valence-corrected chi connectivity index (χ1v) is 8.15. The van der Waals surface area contributed by atoms with Gasteiger partial charge in [-0.2, -0.15) is 0 Å². The number of fused-ring (bicyclic) bond motifs is 1. The average Bonchev–Trinajstić information content (AvgIpc) is 2.95. The molecule has 1 aromatic carbocycles. The molecule has 2 aromatic heterocycles. The summed E-state index contributed by atoms with van der Waals surface area (Å²) in [5.74, 6) is -0.124. The van der Waals surface area contributed by atoms with Gasteiger partial charge < -0.3 is 4.74 Å². The maximum Gasteiger partial charge on any atom is 0.360 e. The van der Waals surface area contributed by atoms with E-state index in [4.69, 9.17) is 4.74 Å². The Morgan fingerprint density at radius 1 is 1.08 bits per heavy atom. The predicted molar refractivity (Wildman–Crippen MR) is 96.0 cm³/mol. The number of benzene rings is 1. The topological polar surface area (TPSA) is 68.3 Å². The summed E-state index contributed by atoms with van der Waals surface area (Å²) in [6, 6.07) is 9.75. The van der Waals surface area contributed by atoms with Crippen molar-refractivity contribution in [2.75, 3.05) is 6.61 Å². The number of hydrogen-bond donors (Lipinski definition) is 0. The molecule has 0 atom stereocenters. The second kappa shape index (κ2) is 6.84. The van der Waals surface area contributed by atoms with E-state index in [0.717, 1.165) is 22.4 Å². The van der Waals surface area contributed by atoms with Gasteiger partial charge in [0.2, 0.25) is 0 Å². The monoisotopic (exact) mass is 336 g/mol. The summed E-state index contributed by atoms with van der Waals surface area (Å²) < 4.78 is 6.88. The third kappa shape index (κ3) is 3.15. The van der Waals surface area contributed by atoms with E-state index in [1.54, 1.807) is 11.3 Å². The van der Waals surface area contributed by atoms with Crippen molar-refractivity contribution in [2.45, 2.75) is 27.7 Å². The number of rotatable bonds is 4. The maximum absolute atomic E-state index is 12.3. The van der Waals surface area contributed by atoms with Gasteiger partial charge in [-0.3, -0.25) is 4.40 Å². The lowest BCUT2D eigenvalue weighted by Gasteiger charge is -2.03. The highest BCUT2D eigenvalue weighted by Gasteiger charge is 2.21. The van der Waals surface area contributed by atoms with E-state index in [1.807, 2.05) is 57.3 Å². The standard InChI is InChI=1S/C19H20N4O2/c1-5-25-19(24)16-18(23-11-7-10-14(4)17(23)20-16)22-21-15-12(2)8-6-9-13(15)3/h6-11H,5H2,1-4H3. The number of ether oxygens (including phenoxy) is 1. The normalized spacial score (nSPS) is 11.4. The highest BCUT2D eigenvalue weighted by molar-refractivity contribution is 5.93. The summed E-state index contributed by atoms with van der Waals surface area (Å²) in [4.78, 5) is 16.7. The third-order valence-corrected chi connectivity index (χ3v) is 3.97. The number of aryl methyl sites for hydroxylation is 3. The molecule has 0 aliphatic carbocycles. The van der Waals surface area contributed by atoms with Crippen LogP contribution in [0.2, 0.25) is 0 Å². The number of esters is 1. The molecule has 0 spiro atoms. The highest BCUT2D eigenvalue weighted by Crippen LogP contribution is 2.29. The first-order chi connectivity index (χ1) is 12.0. The van der Waals surface area contributed by atoms with Crippen LogP contribution in [0.4, 0.5) is 11.5 Å². The van der Waals surface area contributed by atoms with Gasteiger partial charge in [0.15, 0.2) is 11.5 Å². The van der Waals surface area contributed by atoms with Gasteiger partial charge in [-0.1, -0.05) is 24.3 Å². The molecule has 0 aliphatic rings. The van der Waals surface area contributed by atoms with Gasteiger partial charge >= 0.3 is 5.97 Å². The molecule has 25 heavy (non-hydrogen) atoms. The van der Waals surface area contributed by atoms with Gasteiger partial charge in [-0.05, 0) is 50.5 Å².